The van der Waals surface area contributed by atoms with E-state index in [2.05, 4.69) is 118 Å². The maximum absolute atomic E-state index is 2.53. The molecule has 4 heteroatoms. The van der Waals surface area contributed by atoms with Gasteiger partial charge in [-0.15, -0.1) is 0 Å². The first-order chi connectivity index (χ1) is 12.7. The minimum absolute atomic E-state index is 0.413. The van der Waals surface area contributed by atoms with Crippen LogP contribution in [0.25, 0.3) is 39.3 Å². The fraction of sp³-hybridized carbons (Fsp3) is 0. The van der Waals surface area contributed by atoms with Crippen molar-refractivity contribution in [2.75, 3.05) is 0 Å². The van der Waals surface area contributed by atoms with Crippen molar-refractivity contribution in [1.82, 2.24) is 0 Å². The average Bonchev–Trinajstić information content (AvgIpc) is 3.20. The molecule has 0 spiro atoms. The van der Waals surface area contributed by atoms with Crippen LogP contribution in [0.3, 0.4) is 0 Å². The van der Waals surface area contributed by atoms with Crippen LogP contribution in [0.2, 0.25) is 0 Å². The molecule has 0 N–H and O–H groups in total. The van der Waals surface area contributed by atoms with E-state index in [1.165, 1.54) is 46.4 Å². The van der Waals surface area contributed by atoms with Crippen LogP contribution in [0.4, 0.5) is 0 Å². The van der Waals surface area contributed by atoms with E-state index in [1.54, 1.807) is 0 Å². The first-order valence-electron chi connectivity index (χ1n) is 8.17. The molecular weight excluding hydrogens is 676 g/mol. The molecule has 0 atom stereocenters. The monoisotopic (exact) mass is 690 g/mol. The van der Waals surface area contributed by atoms with E-state index in [9.17, 15) is 0 Å². The van der Waals surface area contributed by atoms with Gasteiger partial charge < -0.3 is 0 Å². The van der Waals surface area contributed by atoms with E-state index >= 15 is 0 Å². The molecule has 3 aromatic carbocycles. The number of hydrogen-bond acceptors (Lipinski definition) is 0. The van der Waals surface area contributed by atoms with E-state index in [4.69, 9.17) is 0 Å². The van der Waals surface area contributed by atoms with Gasteiger partial charge in [-0.1, -0.05) is 0 Å². The molecule has 0 radical (unpaired) electrons. The second-order valence-corrected chi connectivity index (χ2v) is 12.6. The van der Waals surface area contributed by atoms with Crippen molar-refractivity contribution < 1.29 is 0 Å². The molecule has 5 aromatic rings. The van der Waals surface area contributed by atoms with Gasteiger partial charge >= 0.3 is 193 Å². The van der Waals surface area contributed by atoms with E-state index < -0.39 is 0 Å². The Kier molecular flexibility index (Phi) is 4.93. The van der Waals surface area contributed by atoms with Gasteiger partial charge in [-0.2, -0.15) is 0 Å². The summed E-state index contributed by atoms with van der Waals surface area (Å²) in [4.78, 5) is 0. The average molecular weight is 688 g/mol. The standard InChI is InChI=1S/C22H12I2Se2/c23-19-15-5-1-3-7-17(15)25-21(19)13-9-11-14(12-10-13)22-20(24)16-6-2-4-8-18(16)26-22/h1-12H. The molecule has 0 aliphatic heterocycles. The molecule has 0 saturated carbocycles. The molecule has 5 rings (SSSR count). The summed E-state index contributed by atoms with van der Waals surface area (Å²) in [6.07, 6.45) is 0. The fourth-order valence-corrected chi connectivity index (χ4v) is 11.3. The summed E-state index contributed by atoms with van der Waals surface area (Å²) in [7, 11) is 0. The molecule has 126 valence electrons. The van der Waals surface area contributed by atoms with Crippen LogP contribution >= 0.6 is 45.2 Å². The quantitative estimate of drug-likeness (QED) is 0.144. The number of benzene rings is 3. The van der Waals surface area contributed by atoms with Gasteiger partial charge in [0.25, 0.3) is 0 Å². The third kappa shape index (κ3) is 2.99. The van der Waals surface area contributed by atoms with Crippen LogP contribution in [-0.2, 0) is 0 Å². The van der Waals surface area contributed by atoms with Crippen molar-refractivity contribution in [3.8, 4) is 20.0 Å². The Bertz CT molecular complexity index is 1150. The Morgan fingerprint density at radius 1 is 0.500 bits per heavy atom. The van der Waals surface area contributed by atoms with Crippen LogP contribution in [-0.4, -0.2) is 29.0 Å². The molecule has 0 amide bonds. The maximum atomic E-state index is 2.53. The molecule has 0 aliphatic carbocycles. The molecule has 2 aromatic heterocycles. The van der Waals surface area contributed by atoms with E-state index in [0.717, 1.165) is 0 Å². The molecule has 0 saturated heterocycles. The minimum atomic E-state index is 0.413. The van der Waals surface area contributed by atoms with Crippen LogP contribution in [0.5, 0.6) is 0 Å². The number of hydrogen-bond donors (Lipinski definition) is 0. The zero-order chi connectivity index (χ0) is 17.7. The first kappa shape index (κ1) is 17.7. The molecule has 2 heterocycles. The predicted octanol–water partition coefficient (Wildman–Crippen LogP) is 6.65. The third-order valence-corrected chi connectivity index (χ3v) is 13.5. The van der Waals surface area contributed by atoms with E-state index in [1.807, 2.05) is 0 Å². The summed E-state index contributed by atoms with van der Waals surface area (Å²) in [6.45, 7) is 0. The summed E-state index contributed by atoms with van der Waals surface area (Å²) < 4.78 is 8.92. The molecule has 0 bridgehead atoms. The summed E-state index contributed by atoms with van der Waals surface area (Å²) in [5.74, 6) is 0. The normalized spacial score (nSPS) is 11.5. The van der Waals surface area contributed by atoms with Gasteiger partial charge in [-0.3, -0.25) is 0 Å². The van der Waals surface area contributed by atoms with Crippen molar-refractivity contribution in [3.63, 3.8) is 0 Å². The second-order valence-electron chi connectivity index (χ2n) is 6.06. The van der Waals surface area contributed by atoms with Gasteiger partial charge in [0.05, 0.1) is 0 Å². The van der Waals surface area contributed by atoms with Gasteiger partial charge in [-0.25, -0.2) is 0 Å². The zero-order valence-electron chi connectivity index (χ0n) is 13.5. The van der Waals surface area contributed by atoms with Crippen LogP contribution in [0, 0.1) is 7.14 Å². The van der Waals surface area contributed by atoms with E-state index in [0.29, 0.717) is 29.0 Å². The van der Waals surface area contributed by atoms with Crippen molar-refractivity contribution in [3.05, 3.63) is 79.9 Å². The summed E-state index contributed by atoms with van der Waals surface area (Å²) in [6, 6.07) is 27.0. The topological polar surface area (TPSA) is 0 Å². The fourth-order valence-electron chi connectivity index (χ4n) is 3.17. The molecule has 26 heavy (non-hydrogen) atoms. The Morgan fingerprint density at radius 3 is 1.27 bits per heavy atom. The van der Waals surface area contributed by atoms with Crippen molar-refractivity contribution in [1.29, 1.82) is 0 Å². The van der Waals surface area contributed by atoms with Crippen LogP contribution < -0.4 is 0 Å². The molecule has 0 fully saturated rings. The summed E-state index contributed by atoms with van der Waals surface area (Å²) >= 11 is 5.88. The number of rotatable bonds is 2. The van der Waals surface area contributed by atoms with Crippen LogP contribution in [0.15, 0.2) is 72.8 Å². The zero-order valence-corrected chi connectivity index (χ0v) is 21.2. The van der Waals surface area contributed by atoms with Gasteiger partial charge in [0.15, 0.2) is 0 Å². The molecule has 0 aliphatic rings. The van der Waals surface area contributed by atoms with Crippen LogP contribution in [0.1, 0.15) is 0 Å². The molecule has 0 nitrogen and oxygen atoms in total. The Labute approximate surface area is 191 Å². The van der Waals surface area contributed by atoms with Gasteiger partial charge in [0.2, 0.25) is 0 Å². The van der Waals surface area contributed by atoms with Gasteiger partial charge in [0, 0.05) is 0 Å². The van der Waals surface area contributed by atoms with Crippen molar-refractivity contribution in [2.24, 2.45) is 0 Å². The Hall–Kier alpha value is -0.361. The summed E-state index contributed by atoms with van der Waals surface area (Å²) in [5.41, 5.74) is 2.76. The number of fused-ring (bicyclic) bond motifs is 2. The third-order valence-electron chi connectivity index (χ3n) is 4.48. The first-order valence-corrected chi connectivity index (χ1v) is 13.8. The van der Waals surface area contributed by atoms with Gasteiger partial charge in [-0.05, 0) is 0 Å². The Morgan fingerprint density at radius 2 is 0.885 bits per heavy atom. The van der Waals surface area contributed by atoms with E-state index in [-0.39, 0.29) is 0 Å². The predicted molar refractivity (Wildman–Crippen MR) is 132 cm³/mol. The number of halogens is 2. The van der Waals surface area contributed by atoms with Crippen molar-refractivity contribution in [2.45, 2.75) is 0 Å². The van der Waals surface area contributed by atoms with Crippen molar-refractivity contribution >= 4 is 93.5 Å². The molecular formula is C22H12I2Se2. The molecule has 0 unspecified atom stereocenters. The summed E-state index contributed by atoms with van der Waals surface area (Å²) in [5, 5.41) is 2.86. The Balaban J connectivity index is 1.60. The second kappa shape index (κ2) is 7.23. The van der Waals surface area contributed by atoms with Gasteiger partial charge in [0.1, 0.15) is 0 Å². The SMILES string of the molecule is Ic1c(-c2ccc(-c3[se]c4ccccc4c3I)cc2)[se]c2ccccc12.